The molecule has 0 saturated carbocycles. The van der Waals surface area contributed by atoms with Gasteiger partial charge in [-0.1, -0.05) is 47.5 Å². The van der Waals surface area contributed by atoms with Crippen LogP contribution < -0.4 is 0 Å². The van der Waals surface area contributed by atoms with E-state index in [0.29, 0.717) is 28.9 Å². The van der Waals surface area contributed by atoms with Crippen LogP contribution in [0.25, 0.3) is 11.3 Å². The van der Waals surface area contributed by atoms with Gasteiger partial charge in [0.05, 0.1) is 11.7 Å². The van der Waals surface area contributed by atoms with Crippen LogP contribution in [0.2, 0.25) is 10.0 Å². The van der Waals surface area contributed by atoms with Crippen LogP contribution in [0.5, 0.6) is 0 Å². The van der Waals surface area contributed by atoms with E-state index >= 15 is 0 Å². The van der Waals surface area contributed by atoms with Crippen molar-refractivity contribution in [1.29, 1.82) is 0 Å². The minimum absolute atomic E-state index is 0.0567. The highest BCUT2D eigenvalue weighted by Crippen LogP contribution is 2.43. The number of nitrogens with zero attached hydrogens (tertiary/aromatic N) is 2. The topological polar surface area (TPSA) is 58.2 Å². The molecule has 1 amide bonds. The van der Waals surface area contributed by atoms with Gasteiger partial charge < -0.3 is 9.64 Å². The SMILES string of the molecule is COCCCN1C(=O)c2[nH]nc(-c3ccc(Cl)cc3)c2C1c1ccc(Cl)cc1. The number of hydrogen-bond donors (Lipinski definition) is 1. The first-order valence-electron chi connectivity index (χ1n) is 8.99. The molecule has 0 spiro atoms. The lowest BCUT2D eigenvalue weighted by atomic mass is 9.96. The molecule has 0 aliphatic carbocycles. The third kappa shape index (κ3) is 3.41. The van der Waals surface area contributed by atoms with Crippen LogP contribution in [-0.4, -0.2) is 41.3 Å². The number of aromatic amines is 1. The number of aromatic nitrogens is 2. The zero-order chi connectivity index (χ0) is 19.7. The highest BCUT2D eigenvalue weighted by molar-refractivity contribution is 6.30. The van der Waals surface area contributed by atoms with Gasteiger partial charge in [0.15, 0.2) is 0 Å². The number of H-pyrrole nitrogens is 1. The fourth-order valence-electron chi connectivity index (χ4n) is 3.63. The molecule has 1 aliphatic heterocycles. The summed E-state index contributed by atoms with van der Waals surface area (Å²) in [7, 11) is 1.66. The first-order chi connectivity index (χ1) is 13.6. The standard InChI is InChI=1S/C21H19Cl2N3O2/c1-28-12-2-11-26-20(14-5-9-16(23)10-6-14)17-18(24-25-19(17)21(26)27)13-3-7-15(22)8-4-13/h3-10,20H,2,11-12H2,1H3,(H,24,25). The first-order valence-corrected chi connectivity index (χ1v) is 9.75. The Balaban J connectivity index is 1.80. The van der Waals surface area contributed by atoms with E-state index in [4.69, 9.17) is 27.9 Å². The molecule has 0 radical (unpaired) electrons. The van der Waals surface area contributed by atoms with Crippen molar-refractivity contribution in [1.82, 2.24) is 15.1 Å². The van der Waals surface area contributed by atoms with Crippen molar-refractivity contribution in [3.05, 3.63) is 75.4 Å². The van der Waals surface area contributed by atoms with Gasteiger partial charge in [-0.05, 0) is 36.2 Å². The average Bonchev–Trinajstić information content (AvgIpc) is 3.23. The lowest BCUT2D eigenvalue weighted by molar-refractivity contribution is 0.0723. The summed E-state index contributed by atoms with van der Waals surface area (Å²) in [6.45, 7) is 1.18. The lowest BCUT2D eigenvalue weighted by Gasteiger charge is -2.26. The zero-order valence-corrected chi connectivity index (χ0v) is 16.8. The maximum atomic E-state index is 13.1. The molecule has 1 N–H and O–H groups in total. The molecule has 5 nitrogen and oxygen atoms in total. The summed E-state index contributed by atoms with van der Waals surface area (Å²) in [6.07, 6.45) is 0.750. The molecule has 1 atom stereocenters. The maximum Gasteiger partial charge on any atom is 0.273 e. The number of hydrogen-bond acceptors (Lipinski definition) is 3. The van der Waals surface area contributed by atoms with Crippen molar-refractivity contribution in [3.8, 4) is 11.3 Å². The predicted molar refractivity (Wildman–Crippen MR) is 110 cm³/mol. The van der Waals surface area contributed by atoms with E-state index in [1.54, 1.807) is 7.11 Å². The number of fused-ring (bicyclic) bond motifs is 1. The van der Waals surface area contributed by atoms with E-state index in [1.165, 1.54) is 0 Å². The quantitative estimate of drug-likeness (QED) is 0.578. The van der Waals surface area contributed by atoms with E-state index in [-0.39, 0.29) is 11.9 Å². The Bertz CT molecular complexity index is 984. The molecule has 2 heterocycles. The van der Waals surface area contributed by atoms with Gasteiger partial charge in [-0.2, -0.15) is 5.10 Å². The Labute approximate surface area is 173 Å². The van der Waals surface area contributed by atoms with Crippen molar-refractivity contribution in [3.63, 3.8) is 0 Å². The maximum absolute atomic E-state index is 13.1. The van der Waals surface area contributed by atoms with Crippen molar-refractivity contribution < 1.29 is 9.53 Å². The molecule has 0 fully saturated rings. The molecular formula is C21H19Cl2N3O2. The van der Waals surface area contributed by atoms with E-state index < -0.39 is 0 Å². The fourth-order valence-corrected chi connectivity index (χ4v) is 3.88. The van der Waals surface area contributed by atoms with E-state index in [2.05, 4.69) is 10.2 Å². The van der Waals surface area contributed by atoms with Crippen LogP contribution in [-0.2, 0) is 4.74 Å². The first kappa shape index (κ1) is 19.0. The second-order valence-corrected chi connectivity index (χ2v) is 7.54. The number of carbonyl (C=O) groups excluding carboxylic acids is 1. The smallest absolute Gasteiger partial charge is 0.273 e. The van der Waals surface area contributed by atoms with Gasteiger partial charge in [-0.15, -0.1) is 0 Å². The van der Waals surface area contributed by atoms with Crippen LogP contribution in [0.4, 0.5) is 0 Å². The second kappa shape index (κ2) is 7.95. The van der Waals surface area contributed by atoms with Gasteiger partial charge in [0.2, 0.25) is 0 Å². The molecule has 3 aromatic rings. The van der Waals surface area contributed by atoms with Crippen LogP contribution in [0.15, 0.2) is 48.5 Å². The number of methoxy groups -OCH3 is 1. The van der Waals surface area contributed by atoms with Gasteiger partial charge in [-0.25, -0.2) is 0 Å². The number of rotatable bonds is 6. The number of carbonyl (C=O) groups is 1. The van der Waals surface area contributed by atoms with Gasteiger partial charge in [0.25, 0.3) is 5.91 Å². The van der Waals surface area contributed by atoms with Crippen molar-refractivity contribution in [2.75, 3.05) is 20.3 Å². The Hall–Kier alpha value is -2.34. The molecule has 1 aromatic heterocycles. The van der Waals surface area contributed by atoms with E-state index in [0.717, 1.165) is 28.8 Å². The lowest BCUT2D eigenvalue weighted by Crippen LogP contribution is -2.31. The Kier molecular flexibility index (Phi) is 5.40. The molecule has 2 aromatic carbocycles. The largest absolute Gasteiger partial charge is 0.385 e. The van der Waals surface area contributed by atoms with E-state index in [1.807, 2.05) is 53.4 Å². The fraction of sp³-hybridized carbons (Fsp3) is 0.238. The Morgan fingerprint density at radius 2 is 1.71 bits per heavy atom. The molecule has 0 bridgehead atoms. The monoisotopic (exact) mass is 415 g/mol. The highest BCUT2D eigenvalue weighted by Gasteiger charge is 2.41. The minimum Gasteiger partial charge on any atom is -0.385 e. The van der Waals surface area contributed by atoms with Crippen LogP contribution in [0.1, 0.15) is 34.1 Å². The number of halogens is 2. The predicted octanol–water partition coefficient (Wildman–Crippen LogP) is 4.97. The molecule has 1 unspecified atom stereocenters. The summed E-state index contributed by atoms with van der Waals surface area (Å²) < 4.78 is 5.17. The van der Waals surface area contributed by atoms with Crippen molar-refractivity contribution in [2.45, 2.75) is 12.5 Å². The molecule has 0 saturated heterocycles. The number of ether oxygens (including phenoxy) is 1. The third-order valence-electron chi connectivity index (χ3n) is 4.91. The van der Waals surface area contributed by atoms with Crippen LogP contribution in [0.3, 0.4) is 0 Å². The van der Waals surface area contributed by atoms with Crippen LogP contribution >= 0.6 is 23.2 Å². The highest BCUT2D eigenvalue weighted by atomic mass is 35.5. The van der Waals surface area contributed by atoms with Gasteiger partial charge in [0, 0.05) is 41.4 Å². The second-order valence-electron chi connectivity index (χ2n) is 6.67. The summed E-state index contributed by atoms with van der Waals surface area (Å²) in [5.74, 6) is -0.0567. The third-order valence-corrected chi connectivity index (χ3v) is 5.42. The normalized spacial score (nSPS) is 15.9. The Morgan fingerprint density at radius 1 is 1.07 bits per heavy atom. The van der Waals surface area contributed by atoms with Crippen molar-refractivity contribution >= 4 is 29.1 Å². The summed E-state index contributed by atoms with van der Waals surface area (Å²) in [5.41, 5.74) is 4.07. The molecule has 28 heavy (non-hydrogen) atoms. The van der Waals surface area contributed by atoms with Gasteiger partial charge in [0.1, 0.15) is 5.69 Å². The molecule has 1 aliphatic rings. The number of benzene rings is 2. The summed E-state index contributed by atoms with van der Waals surface area (Å²) in [4.78, 5) is 15.0. The van der Waals surface area contributed by atoms with Crippen molar-refractivity contribution in [2.24, 2.45) is 0 Å². The van der Waals surface area contributed by atoms with Gasteiger partial charge >= 0.3 is 0 Å². The summed E-state index contributed by atoms with van der Waals surface area (Å²) >= 11 is 12.1. The number of amides is 1. The zero-order valence-electron chi connectivity index (χ0n) is 15.3. The summed E-state index contributed by atoms with van der Waals surface area (Å²) in [5, 5.41) is 8.71. The Morgan fingerprint density at radius 3 is 2.36 bits per heavy atom. The molecular weight excluding hydrogens is 397 g/mol. The minimum atomic E-state index is -0.235. The van der Waals surface area contributed by atoms with Gasteiger partial charge in [-0.3, -0.25) is 9.89 Å². The summed E-state index contributed by atoms with van der Waals surface area (Å²) in [6, 6.07) is 14.8. The number of nitrogens with one attached hydrogen (secondary N) is 1. The average molecular weight is 416 g/mol. The van der Waals surface area contributed by atoms with E-state index in [9.17, 15) is 4.79 Å². The molecule has 7 heteroatoms. The molecule has 4 rings (SSSR count). The van der Waals surface area contributed by atoms with Crippen LogP contribution in [0, 0.1) is 0 Å². The molecule has 144 valence electrons.